The molecule has 4 rings (SSSR count). The number of halogens is 1. The Morgan fingerprint density at radius 3 is 2.76 bits per heavy atom. The van der Waals surface area contributed by atoms with Crippen LogP contribution in [0.4, 0.5) is 5.69 Å². The number of benzene rings is 1. The average Bonchev–Trinajstić information content (AvgIpc) is 2.82. The molecule has 0 unspecified atom stereocenters. The highest BCUT2D eigenvalue weighted by Gasteiger charge is 2.93. The van der Waals surface area contributed by atoms with E-state index in [-0.39, 0.29) is 16.5 Å². The second kappa shape index (κ2) is 4.85. The molecule has 4 atom stereocenters. The third-order valence-corrected chi connectivity index (χ3v) is 6.73. The van der Waals surface area contributed by atoms with Crippen molar-refractivity contribution >= 4 is 34.9 Å². The molecule has 2 heterocycles. The number of nitrogens with two attached hydrogens (primary N) is 1. The predicted octanol–water partition coefficient (Wildman–Crippen LogP) is 2.15. The number of nitro benzene ring substituents is 1. The van der Waals surface area contributed by atoms with Crippen LogP contribution < -0.4 is 5.73 Å². The van der Waals surface area contributed by atoms with Gasteiger partial charge in [-0.25, -0.2) is 4.99 Å². The fourth-order valence-electron chi connectivity index (χ4n) is 4.05. The topological polar surface area (TPSA) is 138 Å². The largest absolute Gasteiger partial charge is 0.386 e. The van der Waals surface area contributed by atoms with Crippen LogP contribution in [0, 0.1) is 43.6 Å². The number of amidine groups is 1. The van der Waals surface area contributed by atoms with Gasteiger partial charge in [0.25, 0.3) is 5.69 Å². The normalized spacial score (nSPS) is 37.9. The molecule has 1 aliphatic carbocycles. The minimum atomic E-state index is -1.35. The Kier molecular flexibility index (Phi) is 3.14. The van der Waals surface area contributed by atoms with Crippen LogP contribution in [0.2, 0.25) is 5.02 Å². The van der Waals surface area contributed by atoms with Crippen LogP contribution in [-0.2, 0) is 4.74 Å². The van der Waals surface area contributed by atoms with E-state index in [4.69, 9.17) is 22.1 Å². The predicted molar refractivity (Wildman–Crippen MR) is 89.7 cm³/mol. The second-order valence-electron chi connectivity index (χ2n) is 6.01. The van der Waals surface area contributed by atoms with E-state index in [2.05, 4.69) is 17.1 Å². The maximum absolute atomic E-state index is 10.9. The van der Waals surface area contributed by atoms with Gasteiger partial charge in [-0.2, -0.15) is 10.5 Å². The zero-order valence-corrected chi connectivity index (χ0v) is 14.2. The Labute approximate surface area is 151 Å². The highest BCUT2D eigenvalue weighted by molar-refractivity contribution is 8.00. The highest BCUT2D eigenvalue weighted by Crippen LogP contribution is 2.84. The maximum atomic E-state index is 10.9. The molecule has 3 aliphatic rings. The van der Waals surface area contributed by atoms with Crippen molar-refractivity contribution in [2.45, 2.75) is 11.0 Å². The minimum Gasteiger partial charge on any atom is -0.386 e. The molecule has 1 spiro atoms. The molecule has 2 N–H and O–H groups in total. The number of non-ortho nitro benzene ring substituents is 1. The smallest absolute Gasteiger partial charge is 0.270 e. The number of fused-ring (bicyclic) bond motifs is 2. The average molecular weight is 376 g/mol. The minimum absolute atomic E-state index is 0.0466. The lowest BCUT2D eigenvalue weighted by atomic mass is 9.95. The first kappa shape index (κ1) is 16.2. The Balaban J connectivity index is 1.91. The first-order valence-corrected chi connectivity index (χ1v) is 8.66. The Morgan fingerprint density at radius 1 is 1.48 bits per heavy atom. The van der Waals surface area contributed by atoms with Gasteiger partial charge in [0.2, 0.25) is 5.06 Å². The summed E-state index contributed by atoms with van der Waals surface area (Å²) in [4.78, 5) is 14.7. The molecule has 0 aromatic heterocycles. The highest BCUT2D eigenvalue weighted by atomic mass is 35.5. The van der Waals surface area contributed by atoms with Crippen LogP contribution in [-0.4, -0.2) is 28.2 Å². The Hall–Kier alpha value is -2.33. The fourth-order valence-corrected chi connectivity index (χ4v) is 5.66. The number of aliphatic imine (C=N–C) groups is 1. The Bertz CT molecular complexity index is 932. The van der Waals surface area contributed by atoms with Crippen LogP contribution in [0.5, 0.6) is 0 Å². The molecule has 1 aromatic rings. The molecule has 126 valence electrons. The molecule has 0 bridgehead atoms. The number of nitro groups is 1. The Morgan fingerprint density at radius 2 is 2.24 bits per heavy atom. The van der Waals surface area contributed by atoms with Crippen molar-refractivity contribution in [2.75, 3.05) is 12.4 Å². The van der Waals surface area contributed by atoms with Gasteiger partial charge in [0.05, 0.1) is 28.7 Å². The summed E-state index contributed by atoms with van der Waals surface area (Å²) >= 11 is 7.59. The standard InChI is InChI=1S/C15H10ClN5O3S/c16-10-5-8(21(22)23)1-2-9(10)11-13(6-17)12(19)20-15(14(11,13)7-18)24-3-4-25-15/h1-2,5,11H,3-4H2,(H2,19,20)/t11-,13-,14-,15-/m1/s1. The summed E-state index contributed by atoms with van der Waals surface area (Å²) in [6, 6.07) is 8.37. The third kappa shape index (κ3) is 1.59. The van der Waals surface area contributed by atoms with Gasteiger partial charge in [0.15, 0.2) is 5.41 Å². The molecule has 0 amide bonds. The van der Waals surface area contributed by atoms with Crippen LogP contribution in [0.15, 0.2) is 23.2 Å². The van der Waals surface area contributed by atoms with E-state index in [9.17, 15) is 20.6 Å². The second-order valence-corrected chi connectivity index (χ2v) is 7.67. The van der Waals surface area contributed by atoms with Gasteiger partial charge in [-0.1, -0.05) is 29.4 Å². The van der Waals surface area contributed by atoms with E-state index < -0.39 is 26.7 Å². The summed E-state index contributed by atoms with van der Waals surface area (Å²) in [5.41, 5.74) is 3.71. The number of rotatable bonds is 2. The molecule has 1 saturated carbocycles. The SMILES string of the molecule is N#C[C@@]12[C@H](c3ccc([N+](=O)[O-])cc3Cl)[C@]1(C#N)C(N)=N[C@@]21OCCS1. The molecule has 0 radical (unpaired) electrons. The number of nitrogens with zero attached hydrogens (tertiary/aromatic N) is 4. The van der Waals surface area contributed by atoms with Crippen molar-refractivity contribution in [2.24, 2.45) is 21.6 Å². The van der Waals surface area contributed by atoms with Crippen LogP contribution in [0.1, 0.15) is 11.5 Å². The first-order valence-electron chi connectivity index (χ1n) is 7.30. The summed E-state index contributed by atoms with van der Waals surface area (Å²) < 4.78 is 5.77. The zero-order chi connectivity index (χ0) is 18.0. The lowest BCUT2D eigenvalue weighted by Gasteiger charge is -2.26. The van der Waals surface area contributed by atoms with Crippen molar-refractivity contribution in [3.05, 3.63) is 38.9 Å². The van der Waals surface area contributed by atoms with Gasteiger partial charge in [-0.05, 0) is 5.56 Å². The first-order chi connectivity index (χ1) is 11.9. The van der Waals surface area contributed by atoms with Crippen LogP contribution in [0.25, 0.3) is 0 Å². The monoisotopic (exact) mass is 375 g/mol. The molecule has 8 nitrogen and oxygen atoms in total. The quantitative estimate of drug-likeness (QED) is 0.617. The van der Waals surface area contributed by atoms with E-state index in [1.165, 1.54) is 30.0 Å². The zero-order valence-electron chi connectivity index (χ0n) is 12.6. The van der Waals surface area contributed by atoms with Gasteiger partial charge in [0, 0.05) is 23.8 Å². The molecule has 25 heavy (non-hydrogen) atoms. The number of nitriles is 2. The number of ether oxygens (including phenoxy) is 1. The molecule has 2 aliphatic heterocycles. The summed E-state index contributed by atoms with van der Waals surface area (Å²) in [6.45, 7) is 0.396. The molecule has 2 fully saturated rings. The van der Waals surface area contributed by atoms with E-state index in [1.807, 2.05) is 0 Å². The number of hydrogen-bond donors (Lipinski definition) is 1. The molecule has 1 aromatic carbocycles. The number of hydrogen-bond acceptors (Lipinski definition) is 8. The van der Waals surface area contributed by atoms with Gasteiger partial charge < -0.3 is 10.5 Å². The summed E-state index contributed by atoms with van der Waals surface area (Å²) in [5.74, 6) is 0.0133. The summed E-state index contributed by atoms with van der Waals surface area (Å²) in [6.07, 6.45) is 0. The van der Waals surface area contributed by atoms with Crippen LogP contribution >= 0.6 is 23.4 Å². The molecular weight excluding hydrogens is 366 g/mol. The summed E-state index contributed by atoms with van der Waals surface area (Å²) in [7, 11) is 0. The van der Waals surface area contributed by atoms with Crippen molar-refractivity contribution < 1.29 is 9.66 Å². The molecule has 1 saturated heterocycles. The lowest BCUT2D eigenvalue weighted by molar-refractivity contribution is -0.384. The van der Waals surface area contributed by atoms with Crippen molar-refractivity contribution in [3.63, 3.8) is 0 Å². The van der Waals surface area contributed by atoms with E-state index in [0.717, 1.165) is 0 Å². The fraction of sp³-hybridized carbons (Fsp3) is 0.400. The van der Waals surface area contributed by atoms with E-state index >= 15 is 0 Å². The van der Waals surface area contributed by atoms with Gasteiger partial charge in [-0.3, -0.25) is 10.1 Å². The van der Waals surface area contributed by atoms with Gasteiger partial charge in [0.1, 0.15) is 11.3 Å². The van der Waals surface area contributed by atoms with Crippen molar-refractivity contribution in [1.82, 2.24) is 0 Å². The summed E-state index contributed by atoms with van der Waals surface area (Å²) in [5, 5.41) is 29.7. The van der Waals surface area contributed by atoms with Crippen LogP contribution in [0.3, 0.4) is 0 Å². The van der Waals surface area contributed by atoms with Gasteiger partial charge in [-0.15, -0.1) is 0 Å². The van der Waals surface area contributed by atoms with Crippen molar-refractivity contribution in [1.29, 1.82) is 10.5 Å². The molecule has 10 heteroatoms. The number of thioether (sulfide) groups is 1. The molecular formula is C15H10ClN5O3S. The van der Waals surface area contributed by atoms with E-state index in [1.54, 1.807) is 0 Å². The van der Waals surface area contributed by atoms with E-state index in [0.29, 0.717) is 17.9 Å². The lowest BCUT2D eigenvalue weighted by Crippen LogP contribution is -2.34. The third-order valence-electron chi connectivity index (χ3n) is 5.11. The van der Waals surface area contributed by atoms with Gasteiger partial charge >= 0.3 is 0 Å². The maximum Gasteiger partial charge on any atom is 0.270 e. The van der Waals surface area contributed by atoms with Crippen molar-refractivity contribution in [3.8, 4) is 12.1 Å².